The monoisotopic (exact) mass is 493 g/mol. The van der Waals surface area contributed by atoms with Crippen LogP contribution < -0.4 is 15.4 Å². The number of nitriles is 1. The van der Waals surface area contributed by atoms with Gasteiger partial charge in [-0.3, -0.25) is 4.79 Å². The second-order valence-corrected chi connectivity index (χ2v) is 10.1. The Morgan fingerprint density at radius 1 is 1.03 bits per heavy atom. The molecule has 2 aliphatic rings. The van der Waals surface area contributed by atoms with Crippen molar-refractivity contribution < 1.29 is 4.39 Å². The molecular formula is C27H29ClFN5O. The van der Waals surface area contributed by atoms with Crippen LogP contribution in [0.5, 0.6) is 0 Å². The maximum absolute atomic E-state index is 13.6. The van der Waals surface area contributed by atoms with E-state index in [1.54, 1.807) is 31.3 Å². The van der Waals surface area contributed by atoms with Crippen LogP contribution >= 0.6 is 11.6 Å². The zero-order valence-electron chi connectivity index (χ0n) is 20.0. The van der Waals surface area contributed by atoms with Crippen molar-refractivity contribution in [3.8, 4) is 6.07 Å². The molecule has 8 heteroatoms. The fraction of sp³-hybridized carbons (Fsp3) is 0.444. The molecule has 2 saturated carbocycles. The van der Waals surface area contributed by atoms with E-state index in [1.165, 1.54) is 23.8 Å². The number of anilines is 2. The lowest BCUT2D eigenvalue weighted by molar-refractivity contribution is 0.301. The molecule has 35 heavy (non-hydrogen) atoms. The molecule has 5 rings (SSSR count). The van der Waals surface area contributed by atoms with E-state index < -0.39 is 0 Å². The molecule has 2 fully saturated rings. The van der Waals surface area contributed by atoms with E-state index in [9.17, 15) is 14.4 Å². The molecule has 0 amide bonds. The molecule has 0 saturated heterocycles. The van der Waals surface area contributed by atoms with Crippen molar-refractivity contribution in [3.63, 3.8) is 0 Å². The maximum Gasteiger partial charge on any atom is 0.270 e. The average molecular weight is 494 g/mol. The van der Waals surface area contributed by atoms with Gasteiger partial charge in [0.2, 0.25) is 0 Å². The first-order valence-corrected chi connectivity index (χ1v) is 12.6. The standard InChI is InChI=1S/C27H29ClFN5O/c1-32(26-22(16-30)27(35)33(2)23-14-15-24(28)31-25(23)26)18-10-12-21(13-11-18)34(19-4-3-5-19)20-8-6-17(29)7-9-20/h6-9,14-15,18-19,21H,3-5,10-13H2,1-2H3/t18-,21-. The SMILES string of the molecule is Cn1c(=O)c(C#N)c(N(C)[C@H]2CC[C@H](N(c3ccc(F)cc3)C3CCC3)CC2)c2nc(Cl)ccc21. The van der Waals surface area contributed by atoms with Gasteiger partial charge in [-0.1, -0.05) is 11.6 Å². The van der Waals surface area contributed by atoms with Gasteiger partial charge < -0.3 is 14.4 Å². The molecule has 0 aliphatic heterocycles. The van der Waals surface area contributed by atoms with Gasteiger partial charge in [-0.15, -0.1) is 0 Å². The van der Waals surface area contributed by atoms with Gasteiger partial charge in [-0.2, -0.15) is 5.26 Å². The summed E-state index contributed by atoms with van der Waals surface area (Å²) in [5, 5.41) is 10.2. The summed E-state index contributed by atoms with van der Waals surface area (Å²) in [6.07, 6.45) is 7.41. The minimum atomic E-state index is -0.327. The van der Waals surface area contributed by atoms with Crippen molar-refractivity contribution in [1.29, 1.82) is 5.26 Å². The van der Waals surface area contributed by atoms with Crippen molar-refractivity contribution in [3.05, 3.63) is 63.3 Å². The molecule has 2 aliphatic carbocycles. The Balaban J connectivity index is 1.42. The van der Waals surface area contributed by atoms with Gasteiger partial charge in [0.05, 0.1) is 11.2 Å². The molecule has 0 atom stereocenters. The van der Waals surface area contributed by atoms with E-state index in [2.05, 4.69) is 20.9 Å². The minimum Gasteiger partial charge on any atom is -0.369 e. The summed E-state index contributed by atoms with van der Waals surface area (Å²) >= 11 is 6.21. The fourth-order valence-corrected chi connectivity index (χ4v) is 5.87. The number of rotatable bonds is 5. The summed E-state index contributed by atoms with van der Waals surface area (Å²) in [4.78, 5) is 22.0. The molecule has 6 nitrogen and oxygen atoms in total. The average Bonchev–Trinajstić information content (AvgIpc) is 2.83. The number of fused-ring (bicyclic) bond motifs is 1. The third-order valence-corrected chi connectivity index (χ3v) is 8.06. The van der Waals surface area contributed by atoms with Crippen LogP contribution in [0.15, 0.2) is 41.2 Å². The predicted octanol–water partition coefficient (Wildman–Crippen LogP) is 5.40. The van der Waals surface area contributed by atoms with E-state index in [0.29, 0.717) is 34.0 Å². The van der Waals surface area contributed by atoms with E-state index >= 15 is 0 Å². The summed E-state index contributed by atoms with van der Waals surface area (Å²) < 4.78 is 15.0. The largest absolute Gasteiger partial charge is 0.369 e. The lowest BCUT2D eigenvalue weighted by Crippen LogP contribution is -2.50. The Bertz CT molecular complexity index is 1340. The Labute approximate surface area is 209 Å². The molecule has 1 aromatic carbocycles. The smallest absolute Gasteiger partial charge is 0.270 e. The van der Waals surface area contributed by atoms with Gasteiger partial charge >= 0.3 is 0 Å². The van der Waals surface area contributed by atoms with E-state index in [4.69, 9.17) is 11.6 Å². The van der Waals surface area contributed by atoms with Crippen molar-refractivity contribution in [2.24, 2.45) is 7.05 Å². The van der Waals surface area contributed by atoms with Crippen LogP contribution in [0.4, 0.5) is 15.8 Å². The number of benzene rings is 1. The second kappa shape index (κ2) is 9.50. The highest BCUT2D eigenvalue weighted by molar-refractivity contribution is 6.29. The molecule has 3 aromatic rings. The first kappa shape index (κ1) is 23.6. The normalized spacial score (nSPS) is 20.3. The zero-order valence-corrected chi connectivity index (χ0v) is 20.8. The highest BCUT2D eigenvalue weighted by Crippen LogP contribution is 2.38. The number of aryl methyl sites for hydroxylation is 1. The molecule has 0 spiro atoms. The zero-order chi connectivity index (χ0) is 24.7. The highest BCUT2D eigenvalue weighted by Gasteiger charge is 2.35. The Kier molecular flexibility index (Phi) is 6.41. The molecule has 182 valence electrons. The molecule has 0 bridgehead atoms. The number of hydrogen-bond donors (Lipinski definition) is 0. The molecule has 2 heterocycles. The molecule has 2 aromatic heterocycles. The van der Waals surface area contributed by atoms with Crippen LogP contribution in [0.3, 0.4) is 0 Å². The lowest BCUT2D eigenvalue weighted by Gasteiger charge is -2.47. The quantitative estimate of drug-likeness (QED) is 0.445. The number of hydrogen-bond acceptors (Lipinski definition) is 5. The van der Waals surface area contributed by atoms with Gasteiger partial charge in [0.25, 0.3) is 5.56 Å². The second-order valence-electron chi connectivity index (χ2n) is 9.74. The van der Waals surface area contributed by atoms with Crippen molar-refractivity contribution >= 4 is 34.0 Å². The Morgan fingerprint density at radius 2 is 1.66 bits per heavy atom. The highest BCUT2D eigenvalue weighted by atomic mass is 35.5. The molecule has 0 unspecified atom stereocenters. The Hall–Kier alpha value is -3.11. The van der Waals surface area contributed by atoms with E-state index in [0.717, 1.165) is 31.4 Å². The number of halogens is 2. The predicted molar refractivity (Wildman–Crippen MR) is 138 cm³/mol. The van der Waals surface area contributed by atoms with Crippen LogP contribution in [-0.2, 0) is 7.05 Å². The van der Waals surface area contributed by atoms with Gasteiger partial charge in [0, 0.05) is 37.9 Å². The maximum atomic E-state index is 13.6. The molecule has 0 N–H and O–H groups in total. The Morgan fingerprint density at radius 3 is 2.26 bits per heavy atom. The third-order valence-electron chi connectivity index (χ3n) is 7.85. The van der Waals surface area contributed by atoms with Gasteiger partial charge in [0.1, 0.15) is 28.1 Å². The summed E-state index contributed by atoms with van der Waals surface area (Å²) in [6, 6.07) is 13.5. The molecular weight excluding hydrogens is 465 g/mol. The number of aromatic nitrogens is 2. The van der Waals surface area contributed by atoms with Crippen LogP contribution in [0, 0.1) is 17.1 Å². The third kappa shape index (κ3) is 4.25. The van der Waals surface area contributed by atoms with Crippen LogP contribution in [0.25, 0.3) is 11.0 Å². The first-order valence-electron chi connectivity index (χ1n) is 12.2. The fourth-order valence-electron chi connectivity index (χ4n) is 5.72. The van der Waals surface area contributed by atoms with Crippen molar-refractivity contribution in [2.75, 3.05) is 16.8 Å². The van der Waals surface area contributed by atoms with Crippen LogP contribution in [0.2, 0.25) is 5.15 Å². The number of nitrogens with zero attached hydrogens (tertiary/aromatic N) is 5. The van der Waals surface area contributed by atoms with Crippen LogP contribution in [-0.4, -0.2) is 34.7 Å². The summed E-state index contributed by atoms with van der Waals surface area (Å²) in [5.74, 6) is -0.212. The van der Waals surface area contributed by atoms with E-state index in [1.807, 2.05) is 19.2 Å². The van der Waals surface area contributed by atoms with E-state index in [-0.39, 0.29) is 23.0 Å². The summed E-state index contributed by atoms with van der Waals surface area (Å²) in [7, 11) is 3.60. The van der Waals surface area contributed by atoms with Crippen LogP contribution in [0.1, 0.15) is 50.5 Å². The first-order chi connectivity index (χ1) is 16.9. The molecule has 0 radical (unpaired) electrons. The van der Waals surface area contributed by atoms with Crippen molar-refractivity contribution in [2.45, 2.75) is 63.1 Å². The topological polar surface area (TPSA) is 65.2 Å². The van der Waals surface area contributed by atoms with Gasteiger partial charge in [-0.25, -0.2) is 9.37 Å². The van der Waals surface area contributed by atoms with Gasteiger partial charge in [0.15, 0.2) is 0 Å². The lowest BCUT2D eigenvalue weighted by atomic mass is 9.84. The van der Waals surface area contributed by atoms with Gasteiger partial charge in [-0.05, 0) is 81.3 Å². The summed E-state index contributed by atoms with van der Waals surface area (Å²) in [6.45, 7) is 0. The number of pyridine rings is 2. The minimum absolute atomic E-state index is 0.0989. The summed E-state index contributed by atoms with van der Waals surface area (Å²) in [5.41, 5.74) is 2.65. The van der Waals surface area contributed by atoms with Crippen molar-refractivity contribution in [1.82, 2.24) is 9.55 Å².